The third-order valence-electron chi connectivity index (χ3n) is 1.29. The Morgan fingerprint density at radius 2 is 2.08 bits per heavy atom. The van der Waals surface area contributed by atoms with Crippen molar-refractivity contribution in [2.45, 2.75) is 0 Å². The van der Waals surface area contributed by atoms with Crippen LogP contribution in [0.4, 0.5) is 0 Å². The number of sulfone groups is 1. The molecular formula is C7H13NO4S. The van der Waals surface area contributed by atoms with Gasteiger partial charge in [0.15, 0.2) is 0 Å². The Labute approximate surface area is 77.4 Å². The summed E-state index contributed by atoms with van der Waals surface area (Å²) in [6, 6.07) is 0. The predicted octanol–water partition coefficient (Wildman–Crippen LogP) is -0.739. The molecule has 5 nitrogen and oxygen atoms in total. The van der Waals surface area contributed by atoms with Crippen molar-refractivity contribution >= 4 is 15.8 Å². The molecule has 0 aliphatic heterocycles. The van der Waals surface area contributed by atoms with Crippen LogP contribution in [0.5, 0.6) is 0 Å². The minimum atomic E-state index is -2.98. The number of hydrogen-bond donors (Lipinski definition) is 2. The number of carboxylic acid groups (broad SMARTS) is 1. The summed E-state index contributed by atoms with van der Waals surface area (Å²) in [7, 11) is -2.98. The van der Waals surface area contributed by atoms with Crippen LogP contribution in [0.2, 0.25) is 0 Å². The second-order valence-electron chi connectivity index (χ2n) is 2.72. The first-order chi connectivity index (χ1) is 5.83. The molecule has 0 rings (SSSR count). The van der Waals surface area contributed by atoms with Crippen molar-refractivity contribution in [3.05, 3.63) is 12.2 Å². The van der Waals surface area contributed by atoms with Crippen LogP contribution < -0.4 is 5.32 Å². The molecule has 0 radical (unpaired) electrons. The quantitative estimate of drug-likeness (QED) is 0.443. The molecule has 0 atom stereocenters. The molecule has 0 amide bonds. The van der Waals surface area contributed by atoms with Crippen molar-refractivity contribution in [2.75, 3.05) is 25.1 Å². The van der Waals surface area contributed by atoms with Crippen LogP contribution in [0.3, 0.4) is 0 Å². The highest BCUT2D eigenvalue weighted by molar-refractivity contribution is 7.90. The zero-order valence-electron chi connectivity index (χ0n) is 7.41. The first-order valence-electron chi connectivity index (χ1n) is 3.62. The average Bonchev–Trinajstić information content (AvgIpc) is 1.95. The van der Waals surface area contributed by atoms with Crippen molar-refractivity contribution in [1.29, 1.82) is 0 Å². The van der Waals surface area contributed by atoms with Gasteiger partial charge < -0.3 is 10.4 Å². The Bertz CT molecular complexity index is 294. The van der Waals surface area contributed by atoms with Gasteiger partial charge in [0.2, 0.25) is 0 Å². The summed E-state index contributed by atoms with van der Waals surface area (Å²) in [5, 5.41) is 11.0. The van der Waals surface area contributed by atoms with Crippen LogP contribution >= 0.6 is 0 Å². The molecule has 0 aliphatic rings. The molecule has 0 aromatic rings. The molecule has 0 saturated carbocycles. The normalized spacial score (nSPS) is 11.2. The van der Waals surface area contributed by atoms with E-state index in [1.807, 2.05) is 0 Å². The van der Waals surface area contributed by atoms with Gasteiger partial charge in [-0.25, -0.2) is 13.2 Å². The first-order valence-corrected chi connectivity index (χ1v) is 5.68. The van der Waals surface area contributed by atoms with Crippen molar-refractivity contribution in [2.24, 2.45) is 0 Å². The van der Waals surface area contributed by atoms with Crippen molar-refractivity contribution in [1.82, 2.24) is 5.32 Å². The van der Waals surface area contributed by atoms with E-state index in [1.165, 1.54) is 0 Å². The first kappa shape index (κ1) is 12.1. The van der Waals surface area contributed by atoms with Crippen LogP contribution in [0.1, 0.15) is 0 Å². The summed E-state index contributed by atoms with van der Waals surface area (Å²) in [6.07, 6.45) is 1.13. The summed E-state index contributed by atoms with van der Waals surface area (Å²) < 4.78 is 21.3. The number of rotatable bonds is 6. The molecule has 0 spiro atoms. The Balaban J connectivity index is 3.59. The van der Waals surface area contributed by atoms with E-state index in [2.05, 4.69) is 11.9 Å². The lowest BCUT2D eigenvalue weighted by Gasteiger charge is -2.02. The SMILES string of the molecule is C=C(CNCCS(C)(=O)=O)C(=O)O. The molecule has 0 fully saturated rings. The van der Waals surface area contributed by atoms with Gasteiger partial charge in [-0.1, -0.05) is 6.58 Å². The highest BCUT2D eigenvalue weighted by atomic mass is 32.2. The standard InChI is InChI=1S/C7H13NO4S/c1-6(7(9)10)5-8-3-4-13(2,11)12/h8H,1,3-5H2,2H3,(H,9,10). The lowest BCUT2D eigenvalue weighted by molar-refractivity contribution is -0.132. The fourth-order valence-corrected chi connectivity index (χ4v) is 1.09. The number of nitrogens with one attached hydrogen (secondary N) is 1. The van der Waals surface area contributed by atoms with E-state index in [-0.39, 0.29) is 24.4 Å². The van der Waals surface area contributed by atoms with Crippen LogP contribution in [0.25, 0.3) is 0 Å². The second kappa shape index (κ2) is 4.98. The maximum Gasteiger partial charge on any atom is 0.332 e. The maximum atomic E-state index is 10.6. The molecule has 0 saturated heterocycles. The summed E-state index contributed by atoms with van der Waals surface area (Å²) in [6.45, 7) is 3.62. The van der Waals surface area contributed by atoms with Crippen molar-refractivity contribution in [3.63, 3.8) is 0 Å². The number of hydrogen-bond acceptors (Lipinski definition) is 4. The van der Waals surface area contributed by atoms with E-state index >= 15 is 0 Å². The van der Waals surface area contributed by atoms with Crippen LogP contribution in [-0.2, 0) is 14.6 Å². The van der Waals surface area contributed by atoms with Gasteiger partial charge in [0, 0.05) is 24.9 Å². The highest BCUT2D eigenvalue weighted by Crippen LogP contribution is 1.86. The topological polar surface area (TPSA) is 83.5 Å². The van der Waals surface area contributed by atoms with E-state index in [9.17, 15) is 13.2 Å². The zero-order valence-corrected chi connectivity index (χ0v) is 8.23. The van der Waals surface area contributed by atoms with Gasteiger partial charge in [0.05, 0.1) is 5.75 Å². The highest BCUT2D eigenvalue weighted by Gasteiger charge is 2.04. The van der Waals surface area contributed by atoms with Gasteiger partial charge in [-0.3, -0.25) is 0 Å². The summed E-state index contributed by atoms with van der Waals surface area (Å²) >= 11 is 0. The summed E-state index contributed by atoms with van der Waals surface area (Å²) in [4.78, 5) is 10.2. The maximum absolute atomic E-state index is 10.6. The molecule has 0 bridgehead atoms. The lowest BCUT2D eigenvalue weighted by atomic mass is 10.3. The van der Waals surface area contributed by atoms with Gasteiger partial charge in [0.25, 0.3) is 0 Å². The zero-order chi connectivity index (χ0) is 10.5. The number of carboxylic acids is 1. The predicted molar refractivity (Wildman–Crippen MR) is 49.4 cm³/mol. The van der Waals surface area contributed by atoms with Crippen molar-refractivity contribution in [3.8, 4) is 0 Å². The monoisotopic (exact) mass is 207 g/mol. The third-order valence-corrected chi connectivity index (χ3v) is 2.24. The molecule has 2 N–H and O–H groups in total. The number of aliphatic carboxylic acids is 1. The smallest absolute Gasteiger partial charge is 0.332 e. The summed E-state index contributed by atoms with van der Waals surface area (Å²) in [5.74, 6) is -1.08. The van der Waals surface area contributed by atoms with Gasteiger partial charge in [0.1, 0.15) is 9.84 Å². The van der Waals surface area contributed by atoms with E-state index in [4.69, 9.17) is 5.11 Å². The Morgan fingerprint density at radius 1 is 1.54 bits per heavy atom. The van der Waals surface area contributed by atoms with Crippen LogP contribution in [-0.4, -0.2) is 44.6 Å². The minimum absolute atomic E-state index is 0.000100. The second-order valence-corrected chi connectivity index (χ2v) is 4.98. The average molecular weight is 207 g/mol. The molecule has 13 heavy (non-hydrogen) atoms. The Kier molecular flexibility index (Phi) is 4.64. The number of carbonyl (C=O) groups is 1. The molecule has 6 heteroatoms. The van der Waals surface area contributed by atoms with Crippen LogP contribution in [0, 0.1) is 0 Å². The fourth-order valence-electron chi connectivity index (χ4n) is 0.572. The molecule has 0 aromatic heterocycles. The van der Waals surface area contributed by atoms with Gasteiger partial charge in [-0.05, 0) is 0 Å². The molecule has 0 heterocycles. The van der Waals surface area contributed by atoms with E-state index in [0.29, 0.717) is 0 Å². The van der Waals surface area contributed by atoms with E-state index in [0.717, 1.165) is 6.26 Å². The fraction of sp³-hybridized carbons (Fsp3) is 0.571. The van der Waals surface area contributed by atoms with Gasteiger partial charge in [-0.15, -0.1) is 0 Å². The van der Waals surface area contributed by atoms with Crippen molar-refractivity contribution < 1.29 is 18.3 Å². The molecule has 0 aromatic carbocycles. The Hall–Kier alpha value is -0.880. The minimum Gasteiger partial charge on any atom is -0.478 e. The van der Waals surface area contributed by atoms with Crippen LogP contribution in [0.15, 0.2) is 12.2 Å². The van der Waals surface area contributed by atoms with E-state index in [1.54, 1.807) is 0 Å². The molecule has 0 unspecified atom stereocenters. The van der Waals surface area contributed by atoms with E-state index < -0.39 is 15.8 Å². The lowest BCUT2D eigenvalue weighted by Crippen LogP contribution is -2.26. The molecular weight excluding hydrogens is 194 g/mol. The molecule has 76 valence electrons. The Morgan fingerprint density at radius 3 is 2.46 bits per heavy atom. The molecule has 0 aliphatic carbocycles. The largest absolute Gasteiger partial charge is 0.478 e. The van der Waals surface area contributed by atoms with Gasteiger partial charge >= 0.3 is 5.97 Å². The summed E-state index contributed by atoms with van der Waals surface area (Å²) in [5.41, 5.74) is 0.0218. The third kappa shape index (κ3) is 7.48. The van der Waals surface area contributed by atoms with Gasteiger partial charge in [-0.2, -0.15) is 0 Å².